The van der Waals surface area contributed by atoms with E-state index in [0.717, 1.165) is 24.2 Å². The number of carbonyl (C=O) groups is 2. The van der Waals surface area contributed by atoms with Crippen LogP contribution in [0, 0.1) is 16.0 Å². The number of esters is 1. The van der Waals surface area contributed by atoms with Crippen LogP contribution in [0.2, 0.25) is 0 Å². The normalized spacial score (nSPS) is 20.8. The summed E-state index contributed by atoms with van der Waals surface area (Å²) in [6.45, 7) is 3.69. The molecule has 1 aliphatic rings. The molecule has 2 rings (SSSR count). The molecule has 0 aromatic heterocycles. The van der Waals surface area contributed by atoms with Gasteiger partial charge in [-0.1, -0.05) is 19.8 Å². The van der Waals surface area contributed by atoms with Crippen molar-refractivity contribution in [3.63, 3.8) is 0 Å². The lowest BCUT2D eigenvalue weighted by atomic mass is 9.86. The molecule has 0 radical (unpaired) electrons. The number of nitro groups is 1. The third-order valence-corrected chi connectivity index (χ3v) is 5.51. The molecule has 1 aromatic rings. The van der Waals surface area contributed by atoms with Gasteiger partial charge in [-0.25, -0.2) is 0 Å². The van der Waals surface area contributed by atoms with Gasteiger partial charge in [0, 0.05) is 23.1 Å². The third kappa shape index (κ3) is 6.01. The second-order valence-electron chi connectivity index (χ2n) is 6.55. The van der Waals surface area contributed by atoms with Crippen LogP contribution in [0.5, 0.6) is 0 Å². The minimum atomic E-state index is -0.839. The average molecular weight is 380 g/mol. The highest BCUT2D eigenvalue weighted by atomic mass is 32.2. The molecule has 1 aliphatic carbocycles. The number of carbonyl (C=O) groups excluding carboxylic acids is 2. The van der Waals surface area contributed by atoms with Gasteiger partial charge >= 0.3 is 5.97 Å². The number of amides is 1. The fourth-order valence-corrected chi connectivity index (χ4v) is 3.60. The van der Waals surface area contributed by atoms with E-state index in [0.29, 0.717) is 5.92 Å². The Morgan fingerprint density at radius 3 is 2.58 bits per heavy atom. The summed E-state index contributed by atoms with van der Waals surface area (Å²) in [4.78, 5) is 35.0. The molecule has 1 fully saturated rings. The molecule has 0 aliphatic heterocycles. The predicted molar refractivity (Wildman–Crippen MR) is 98.9 cm³/mol. The van der Waals surface area contributed by atoms with Crippen LogP contribution in [-0.4, -0.2) is 34.7 Å². The summed E-state index contributed by atoms with van der Waals surface area (Å²) in [7, 11) is 0. The van der Waals surface area contributed by atoms with Gasteiger partial charge < -0.3 is 10.1 Å². The lowest BCUT2D eigenvalue weighted by Gasteiger charge is -2.30. The Morgan fingerprint density at radius 1 is 1.31 bits per heavy atom. The molecular formula is C18H24N2O5S. The smallest absolute Gasteiger partial charge is 0.317 e. The lowest BCUT2D eigenvalue weighted by molar-refractivity contribution is -0.384. The van der Waals surface area contributed by atoms with Crippen LogP contribution in [0.3, 0.4) is 0 Å². The quantitative estimate of drug-likeness (QED) is 0.337. The minimum Gasteiger partial charge on any atom is -0.452 e. The SMILES string of the molecule is C[C@@H]1CCCC[C@H]1NC(=O)[C@@H](C)OC(=O)CSc1ccc([N+](=O)[O-])cc1. The number of hydrogen-bond acceptors (Lipinski definition) is 6. The zero-order chi connectivity index (χ0) is 19.1. The maximum absolute atomic E-state index is 12.2. The summed E-state index contributed by atoms with van der Waals surface area (Å²) in [6, 6.07) is 6.07. The summed E-state index contributed by atoms with van der Waals surface area (Å²) >= 11 is 1.21. The van der Waals surface area contributed by atoms with E-state index < -0.39 is 17.0 Å². The van der Waals surface area contributed by atoms with Crippen molar-refractivity contribution in [1.82, 2.24) is 5.32 Å². The summed E-state index contributed by atoms with van der Waals surface area (Å²) in [5, 5.41) is 13.6. The van der Waals surface area contributed by atoms with Crippen LogP contribution in [0.25, 0.3) is 0 Å². The first-order chi connectivity index (χ1) is 12.4. The Bertz CT molecular complexity index is 649. The van der Waals surface area contributed by atoms with Gasteiger partial charge in [-0.05, 0) is 37.8 Å². The van der Waals surface area contributed by atoms with Crippen LogP contribution in [0.15, 0.2) is 29.2 Å². The maximum Gasteiger partial charge on any atom is 0.317 e. The molecule has 3 atom stereocenters. The second kappa shape index (κ2) is 9.56. The Hall–Kier alpha value is -2.09. The Morgan fingerprint density at radius 2 is 1.96 bits per heavy atom. The molecule has 7 nitrogen and oxygen atoms in total. The van der Waals surface area contributed by atoms with E-state index >= 15 is 0 Å². The van der Waals surface area contributed by atoms with Crippen molar-refractivity contribution in [3.8, 4) is 0 Å². The molecule has 1 saturated carbocycles. The Kier molecular flexibility index (Phi) is 7.44. The predicted octanol–water partition coefficient (Wildman–Crippen LogP) is 3.31. The number of nitrogens with zero attached hydrogens (tertiary/aromatic N) is 1. The first-order valence-corrected chi connectivity index (χ1v) is 9.72. The number of hydrogen-bond donors (Lipinski definition) is 1. The van der Waals surface area contributed by atoms with E-state index in [1.54, 1.807) is 19.1 Å². The fraction of sp³-hybridized carbons (Fsp3) is 0.556. The van der Waals surface area contributed by atoms with E-state index in [2.05, 4.69) is 12.2 Å². The molecular weight excluding hydrogens is 356 g/mol. The van der Waals surface area contributed by atoms with Crippen molar-refractivity contribution in [2.45, 2.75) is 56.6 Å². The van der Waals surface area contributed by atoms with Gasteiger partial charge in [-0.15, -0.1) is 11.8 Å². The van der Waals surface area contributed by atoms with Gasteiger partial charge in [0.05, 0.1) is 10.7 Å². The van der Waals surface area contributed by atoms with Crippen molar-refractivity contribution >= 4 is 29.3 Å². The highest BCUT2D eigenvalue weighted by Gasteiger charge is 2.26. The number of thioether (sulfide) groups is 1. The van der Waals surface area contributed by atoms with E-state index in [4.69, 9.17) is 4.74 Å². The van der Waals surface area contributed by atoms with Crippen LogP contribution >= 0.6 is 11.8 Å². The molecule has 0 saturated heterocycles. The Balaban J connectivity index is 1.75. The van der Waals surface area contributed by atoms with Crippen molar-refractivity contribution in [2.75, 3.05) is 5.75 Å². The van der Waals surface area contributed by atoms with Gasteiger partial charge in [-0.2, -0.15) is 0 Å². The number of nitrogens with one attached hydrogen (secondary N) is 1. The van der Waals surface area contributed by atoms with E-state index in [-0.39, 0.29) is 23.4 Å². The molecule has 26 heavy (non-hydrogen) atoms. The number of nitro benzene ring substituents is 1. The van der Waals surface area contributed by atoms with Gasteiger partial charge in [0.15, 0.2) is 6.10 Å². The maximum atomic E-state index is 12.2. The van der Waals surface area contributed by atoms with Crippen molar-refractivity contribution < 1.29 is 19.2 Å². The standard InChI is InChI=1S/C18H24N2O5S/c1-12-5-3-4-6-16(12)19-18(22)13(2)25-17(21)11-26-15-9-7-14(8-10-15)20(23)24/h7-10,12-13,16H,3-6,11H2,1-2H3,(H,19,22)/t12-,13-,16-/m1/s1. The van der Waals surface area contributed by atoms with Crippen LogP contribution in [0.1, 0.15) is 39.5 Å². The molecule has 0 bridgehead atoms. The molecule has 1 aromatic carbocycles. The third-order valence-electron chi connectivity index (χ3n) is 4.52. The largest absolute Gasteiger partial charge is 0.452 e. The second-order valence-corrected chi connectivity index (χ2v) is 7.60. The molecule has 142 valence electrons. The van der Waals surface area contributed by atoms with E-state index in [1.807, 2.05) is 0 Å². The lowest BCUT2D eigenvalue weighted by Crippen LogP contribution is -2.46. The average Bonchev–Trinajstić information content (AvgIpc) is 2.62. The van der Waals surface area contributed by atoms with E-state index in [1.165, 1.54) is 30.3 Å². The van der Waals surface area contributed by atoms with Crippen molar-refractivity contribution in [2.24, 2.45) is 5.92 Å². The minimum absolute atomic E-state index is 0.000777. The summed E-state index contributed by atoms with van der Waals surface area (Å²) in [5.41, 5.74) is -0.000777. The van der Waals surface area contributed by atoms with E-state index in [9.17, 15) is 19.7 Å². The van der Waals surface area contributed by atoms with Gasteiger partial charge in [0.1, 0.15) is 0 Å². The summed E-state index contributed by atoms with van der Waals surface area (Å²) < 4.78 is 5.19. The van der Waals surface area contributed by atoms with Crippen molar-refractivity contribution in [3.05, 3.63) is 34.4 Å². The zero-order valence-electron chi connectivity index (χ0n) is 15.0. The highest BCUT2D eigenvalue weighted by molar-refractivity contribution is 8.00. The topological polar surface area (TPSA) is 98.5 Å². The monoisotopic (exact) mass is 380 g/mol. The van der Waals surface area contributed by atoms with Gasteiger partial charge in [0.2, 0.25) is 0 Å². The molecule has 0 unspecified atom stereocenters. The molecule has 1 N–H and O–H groups in total. The van der Waals surface area contributed by atoms with Crippen molar-refractivity contribution in [1.29, 1.82) is 0 Å². The highest BCUT2D eigenvalue weighted by Crippen LogP contribution is 2.24. The summed E-state index contributed by atoms with van der Waals surface area (Å²) in [6.07, 6.45) is 3.52. The van der Waals surface area contributed by atoms with Crippen LogP contribution in [-0.2, 0) is 14.3 Å². The van der Waals surface area contributed by atoms with Gasteiger partial charge in [-0.3, -0.25) is 19.7 Å². The summed E-state index contributed by atoms with van der Waals surface area (Å²) in [5.74, 6) is -0.284. The van der Waals surface area contributed by atoms with Crippen LogP contribution in [0.4, 0.5) is 5.69 Å². The Labute approximate surface area is 157 Å². The number of benzene rings is 1. The first-order valence-electron chi connectivity index (χ1n) is 8.74. The molecule has 0 heterocycles. The molecule has 8 heteroatoms. The first kappa shape index (κ1) is 20.2. The number of rotatable bonds is 7. The number of non-ortho nitro benzene ring substituents is 1. The zero-order valence-corrected chi connectivity index (χ0v) is 15.8. The fourth-order valence-electron chi connectivity index (χ4n) is 2.92. The molecule has 1 amide bonds. The van der Waals surface area contributed by atoms with Gasteiger partial charge in [0.25, 0.3) is 11.6 Å². The molecule has 0 spiro atoms. The van der Waals surface area contributed by atoms with Crippen LogP contribution < -0.4 is 5.32 Å². The number of ether oxygens (including phenoxy) is 1.